The molecule has 3 aromatic heterocycles. The number of aliphatic hydroxyl groups excluding tert-OH is 1. The maximum absolute atomic E-state index is 12.3. The van der Waals surface area contributed by atoms with E-state index in [1.54, 1.807) is 12.3 Å². The zero-order chi connectivity index (χ0) is 15.4. The van der Waals surface area contributed by atoms with Crippen LogP contribution in [0.5, 0.6) is 0 Å². The second-order valence-electron chi connectivity index (χ2n) is 4.38. The van der Waals surface area contributed by atoms with Crippen molar-refractivity contribution >= 4 is 22.9 Å². The van der Waals surface area contributed by atoms with Crippen molar-refractivity contribution in [2.45, 2.75) is 6.42 Å². The predicted octanol–water partition coefficient (Wildman–Crippen LogP) is 2.03. The van der Waals surface area contributed by atoms with Crippen LogP contribution in [-0.4, -0.2) is 36.5 Å². The first-order chi connectivity index (χ1) is 10.7. The Morgan fingerprint density at radius 3 is 3.00 bits per heavy atom. The lowest BCUT2D eigenvalue weighted by Gasteiger charge is -2.01. The van der Waals surface area contributed by atoms with Crippen molar-refractivity contribution in [3.8, 4) is 0 Å². The number of carbonyl (C=O) groups is 1. The molecular formula is C14H11N5O2S. The van der Waals surface area contributed by atoms with Gasteiger partial charge in [0.1, 0.15) is 0 Å². The topological polar surface area (TPSA) is 105 Å². The Bertz CT molecular complexity index is 796. The molecule has 3 heterocycles. The second kappa shape index (κ2) is 6.27. The minimum atomic E-state index is -0.325. The van der Waals surface area contributed by atoms with E-state index in [-0.39, 0.29) is 17.4 Å². The summed E-state index contributed by atoms with van der Waals surface area (Å²) in [7, 11) is 0. The summed E-state index contributed by atoms with van der Waals surface area (Å²) in [4.78, 5) is 17.4. The zero-order valence-electron chi connectivity index (χ0n) is 11.3. The van der Waals surface area contributed by atoms with Gasteiger partial charge in [-0.25, -0.2) is 0 Å². The molecular weight excluding hydrogens is 302 g/mol. The van der Waals surface area contributed by atoms with Crippen molar-refractivity contribution in [3.63, 3.8) is 0 Å². The highest BCUT2D eigenvalue weighted by Crippen LogP contribution is 2.21. The number of carbonyl (C=O) groups excluding carboxylic acids is 1. The van der Waals surface area contributed by atoms with Crippen molar-refractivity contribution in [1.82, 2.24) is 25.6 Å². The molecule has 0 fully saturated rings. The highest BCUT2D eigenvalue weighted by molar-refractivity contribution is 7.10. The van der Waals surface area contributed by atoms with E-state index in [9.17, 15) is 9.90 Å². The summed E-state index contributed by atoms with van der Waals surface area (Å²) >= 11 is 1.48. The Morgan fingerprint density at radius 2 is 2.27 bits per heavy atom. The first-order valence-electron chi connectivity index (χ1n) is 6.39. The number of aliphatic hydroxyl groups is 1. The predicted molar refractivity (Wildman–Crippen MR) is 80.5 cm³/mol. The minimum Gasteiger partial charge on any atom is -0.504 e. The van der Waals surface area contributed by atoms with Crippen molar-refractivity contribution in [1.29, 1.82) is 0 Å². The van der Waals surface area contributed by atoms with Crippen LogP contribution in [0, 0.1) is 0 Å². The summed E-state index contributed by atoms with van der Waals surface area (Å²) in [6.45, 7) is 0. The van der Waals surface area contributed by atoms with Crippen molar-refractivity contribution in [3.05, 3.63) is 63.9 Å². The molecule has 0 unspecified atom stereocenters. The molecule has 0 atom stereocenters. The van der Waals surface area contributed by atoms with E-state index in [1.807, 2.05) is 23.6 Å². The number of aromatic nitrogens is 5. The quantitative estimate of drug-likeness (QED) is 0.424. The van der Waals surface area contributed by atoms with E-state index in [4.69, 9.17) is 0 Å². The number of allylic oxidation sites excluding steroid dienone is 1. The largest absolute Gasteiger partial charge is 0.504 e. The Balaban J connectivity index is 1.82. The Kier molecular flexibility index (Phi) is 4.01. The van der Waals surface area contributed by atoms with Gasteiger partial charge >= 0.3 is 0 Å². The number of rotatable bonds is 5. The van der Waals surface area contributed by atoms with E-state index in [0.29, 0.717) is 12.0 Å². The van der Waals surface area contributed by atoms with Gasteiger partial charge in [0, 0.05) is 34.8 Å². The molecule has 7 nitrogen and oxygen atoms in total. The fourth-order valence-corrected chi connectivity index (χ4v) is 2.80. The van der Waals surface area contributed by atoms with Crippen molar-refractivity contribution < 1.29 is 9.90 Å². The summed E-state index contributed by atoms with van der Waals surface area (Å²) in [6, 6.07) is 7.38. The van der Waals surface area contributed by atoms with E-state index in [1.165, 1.54) is 11.3 Å². The number of H-pyrrole nitrogens is 1. The molecule has 2 N–H and O–H groups in total. The molecule has 0 spiro atoms. The highest BCUT2D eigenvalue weighted by atomic mass is 32.1. The lowest BCUT2D eigenvalue weighted by molar-refractivity contribution is 0.104. The summed E-state index contributed by atoms with van der Waals surface area (Å²) in [5, 5.41) is 24.4. The van der Waals surface area contributed by atoms with Crippen molar-refractivity contribution in [2.75, 3.05) is 0 Å². The van der Waals surface area contributed by atoms with Gasteiger partial charge in [-0.1, -0.05) is 6.07 Å². The van der Waals surface area contributed by atoms with Crippen LogP contribution >= 0.6 is 11.3 Å². The standard InChI is InChI=1S/C14H11N5O2S/c20-11(8-12(21)14-16-18-19-17-14)10-4-6-22-13(10)7-9-3-1-2-5-15-9/h1-6,8,21H,7H2,(H,16,17,18,19). The third-order valence-corrected chi connectivity index (χ3v) is 3.84. The second-order valence-corrected chi connectivity index (χ2v) is 5.39. The molecule has 110 valence electrons. The molecule has 0 radical (unpaired) electrons. The maximum Gasteiger partial charge on any atom is 0.239 e. The van der Waals surface area contributed by atoms with Crippen LogP contribution < -0.4 is 0 Å². The molecule has 0 aromatic carbocycles. The number of hydrogen-bond donors (Lipinski definition) is 2. The maximum atomic E-state index is 12.3. The van der Waals surface area contributed by atoms with E-state index < -0.39 is 0 Å². The van der Waals surface area contributed by atoms with Crippen LogP contribution in [0.1, 0.15) is 26.8 Å². The van der Waals surface area contributed by atoms with Crippen LogP contribution in [0.3, 0.4) is 0 Å². The van der Waals surface area contributed by atoms with Gasteiger partial charge in [0.25, 0.3) is 0 Å². The number of thiophene rings is 1. The van der Waals surface area contributed by atoms with Gasteiger partial charge in [0.15, 0.2) is 11.5 Å². The number of nitrogens with zero attached hydrogens (tertiary/aromatic N) is 4. The van der Waals surface area contributed by atoms with Gasteiger partial charge in [-0.05, 0) is 28.8 Å². The summed E-state index contributed by atoms with van der Waals surface area (Å²) in [5.41, 5.74) is 1.41. The summed E-state index contributed by atoms with van der Waals surface area (Å²) < 4.78 is 0. The lowest BCUT2D eigenvalue weighted by Crippen LogP contribution is -2.00. The normalized spacial score (nSPS) is 11.5. The van der Waals surface area contributed by atoms with Crippen LogP contribution in [0.25, 0.3) is 5.76 Å². The molecule has 22 heavy (non-hydrogen) atoms. The van der Waals surface area contributed by atoms with Crippen LogP contribution in [0.15, 0.2) is 41.9 Å². The molecule has 0 aliphatic carbocycles. The molecule has 0 saturated heterocycles. The average molecular weight is 313 g/mol. The fourth-order valence-electron chi connectivity index (χ4n) is 1.90. The number of ketones is 1. The number of tetrazole rings is 1. The minimum absolute atomic E-state index is 0.0187. The van der Waals surface area contributed by atoms with Gasteiger partial charge < -0.3 is 5.11 Å². The monoisotopic (exact) mass is 313 g/mol. The Hall–Kier alpha value is -2.87. The van der Waals surface area contributed by atoms with Gasteiger partial charge in [-0.3, -0.25) is 9.78 Å². The summed E-state index contributed by atoms with van der Waals surface area (Å²) in [5.74, 6) is -0.655. The van der Waals surface area contributed by atoms with Gasteiger partial charge in [0.05, 0.1) is 0 Å². The van der Waals surface area contributed by atoms with E-state index in [2.05, 4.69) is 25.6 Å². The third kappa shape index (κ3) is 3.07. The Labute approximate surface area is 129 Å². The average Bonchev–Trinajstić information content (AvgIpc) is 3.19. The Morgan fingerprint density at radius 1 is 1.36 bits per heavy atom. The highest BCUT2D eigenvalue weighted by Gasteiger charge is 2.14. The third-order valence-electron chi connectivity index (χ3n) is 2.92. The van der Waals surface area contributed by atoms with Crippen LogP contribution in [0.4, 0.5) is 0 Å². The van der Waals surface area contributed by atoms with Gasteiger partial charge in [0.2, 0.25) is 5.82 Å². The first kappa shape index (κ1) is 14.1. The number of nitrogens with one attached hydrogen (secondary N) is 1. The SMILES string of the molecule is O=C(C=C(O)c1nn[nH]n1)c1ccsc1Cc1ccccn1. The first-order valence-corrected chi connectivity index (χ1v) is 7.27. The van der Waals surface area contributed by atoms with E-state index >= 15 is 0 Å². The molecule has 0 amide bonds. The van der Waals surface area contributed by atoms with Crippen LogP contribution in [0.2, 0.25) is 0 Å². The number of pyridine rings is 1. The number of aromatic amines is 1. The fraction of sp³-hybridized carbons (Fsp3) is 0.0714. The molecule has 0 aliphatic heterocycles. The molecule has 8 heteroatoms. The zero-order valence-corrected chi connectivity index (χ0v) is 12.1. The van der Waals surface area contributed by atoms with Gasteiger partial charge in [-0.2, -0.15) is 5.21 Å². The van der Waals surface area contributed by atoms with Crippen molar-refractivity contribution in [2.24, 2.45) is 0 Å². The van der Waals surface area contributed by atoms with Gasteiger partial charge in [-0.15, -0.1) is 21.5 Å². The lowest BCUT2D eigenvalue weighted by atomic mass is 10.1. The number of hydrogen-bond acceptors (Lipinski definition) is 7. The molecule has 0 saturated carbocycles. The smallest absolute Gasteiger partial charge is 0.239 e. The van der Waals surface area contributed by atoms with E-state index in [0.717, 1.165) is 16.6 Å². The molecule has 0 aliphatic rings. The van der Waals surface area contributed by atoms with Crippen LogP contribution in [-0.2, 0) is 6.42 Å². The molecule has 3 aromatic rings. The molecule has 3 rings (SSSR count). The molecule has 0 bridgehead atoms. The summed E-state index contributed by atoms with van der Waals surface area (Å²) in [6.07, 6.45) is 3.37.